The quantitative estimate of drug-likeness (QED) is 0.746. The highest BCUT2D eigenvalue weighted by Gasteiger charge is 2.11. The smallest absolute Gasteiger partial charge is 0.161 e. The van der Waals surface area contributed by atoms with Gasteiger partial charge in [-0.1, -0.05) is 0 Å². The van der Waals surface area contributed by atoms with E-state index in [1.54, 1.807) is 12.4 Å². The fourth-order valence-electron chi connectivity index (χ4n) is 2.27. The van der Waals surface area contributed by atoms with Gasteiger partial charge >= 0.3 is 0 Å². The van der Waals surface area contributed by atoms with E-state index in [0.717, 1.165) is 28.7 Å². The Kier molecular flexibility index (Phi) is 2.97. The van der Waals surface area contributed by atoms with E-state index in [2.05, 4.69) is 19.9 Å². The Bertz CT molecular complexity index is 702. The molecule has 0 amide bonds. The van der Waals surface area contributed by atoms with E-state index in [4.69, 9.17) is 5.73 Å². The molecule has 96 valence electrons. The summed E-state index contributed by atoms with van der Waals surface area (Å²) in [5, 5.41) is 1.09. The van der Waals surface area contributed by atoms with Gasteiger partial charge in [-0.05, 0) is 37.6 Å². The van der Waals surface area contributed by atoms with Crippen molar-refractivity contribution in [1.29, 1.82) is 0 Å². The van der Waals surface area contributed by atoms with Crippen LogP contribution in [-0.2, 0) is 6.42 Å². The fourth-order valence-corrected chi connectivity index (χ4v) is 2.27. The number of nitrogens with one attached hydrogen (secondary N) is 1. The predicted molar refractivity (Wildman–Crippen MR) is 74.6 cm³/mol. The molecule has 0 saturated heterocycles. The Morgan fingerprint density at radius 1 is 1.21 bits per heavy atom. The molecule has 0 aliphatic heterocycles. The molecular formula is C14H15N5. The molecular weight excluding hydrogens is 238 g/mol. The Morgan fingerprint density at radius 2 is 2.00 bits per heavy atom. The van der Waals surface area contributed by atoms with Crippen molar-refractivity contribution in [1.82, 2.24) is 19.9 Å². The van der Waals surface area contributed by atoms with E-state index in [1.807, 2.05) is 25.3 Å². The molecule has 0 fully saturated rings. The fraction of sp³-hybridized carbons (Fsp3) is 0.214. The second-order valence-electron chi connectivity index (χ2n) is 4.44. The lowest BCUT2D eigenvalue weighted by atomic mass is 10.1. The highest BCUT2D eigenvalue weighted by Crippen LogP contribution is 2.23. The number of rotatable bonds is 3. The number of aryl methyl sites for hydroxylation is 1. The topological polar surface area (TPSA) is 80.5 Å². The zero-order valence-electron chi connectivity index (χ0n) is 10.7. The maximum atomic E-state index is 5.62. The molecule has 3 rings (SSSR count). The maximum Gasteiger partial charge on any atom is 0.161 e. The third kappa shape index (κ3) is 2.08. The second kappa shape index (κ2) is 4.78. The number of pyridine rings is 1. The van der Waals surface area contributed by atoms with E-state index in [1.165, 1.54) is 5.56 Å². The first-order chi connectivity index (χ1) is 9.29. The lowest BCUT2D eigenvalue weighted by molar-refractivity contribution is 0.974. The third-order valence-electron chi connectivity index (χ3n) is 3.15. The first kappa shape index (κ1) is 11.8. The standard InChI is InChI=1S/C14H15N5/c1-9-12-11(2-5-15)8-17-14(12)19-13(18-9)10-3-6-16-7-4-10/h3-4,6-8H,2,5,15H2,1H3,(H,17,18,19). The van der Waals surface area contributed by atoms with Gasteiger partial charge in [-0.25, -0.2) is 9.97 Å². The lowest BCUT2D eigenvalue weighted by Crippen LogP contribution is -2.02. The van der Waals surface area contributed by atoms with Crippen LogP contribution >= 0.6 is 0 Å². The summed E-state index contributed by atoms with van der Waals surface area (Å²) in [6, 6.07) is 3.81. The molecule has 3 N–H and O–H groups in total. The number of aromatic amines is 1. The van der Waals surface area contributed by atoms with Crippen LogP contribution in [0.1, 0.15) is 11.3 Å². The molecule has 0 aromatic carbocycles. The maximum absolute atomic E-state index is 5.62. The first-order valence-electron chi connectivity index (χ1n) is 6.24. The van der Waals surface area contributed by atoms with Crippen LogP contribution in [0.25, 0.3) is 22.4 Å². The number of hydrogen-bond donors (Lipinski definition) is 2. The van der Waals surface area contributed by atoms with Crippen molar-refractivity contribution >= 4 is 11.0 Å². The monoisotopic (exact) mass is 253 g/mol. The molecule has 0 saturated carbocycles. The minimum atomic E-state index is 0.624. The van der Waals surface area contributed by atoms with Crippen LogP contribution in [0.2, 0.25) is 0 Å². The zero-order valence-corrected chi connectivity index (χ0v) is 10.7. The summed E-state index contributed by atoms with van der Waals surface area (Å²) in [6.45, 7) is 2.63. The summed E-state index contributed by atoms with van der Waals surface area (Å²) in [4.78, 5) is 16.4. The van der Waals surface area contributed by atoms with E-state index in [9.17, 15) is 0 Å². The van der Waals surface area contributed by atoms with E-state index >= 15 is 0 Å². The Labute approximate surface area is 110 Å². The van der Waals surface area contributed by atoms with Crippen molar-refractivity contribution in [3.8, 4) is 11.4 Å². The third-order valence-corrected chi connectivity index (χ3v) is 3.15. The first-order valence-corrected chi connectivity index (χ1v) is 6.24. The molecule has 0 radical (unpaired) electrons. The van der Waals surface area contributed by atoms with Crippen molar-refractivity contribution in [3.63, 3.8) is 0 Å². The number of fused-ring (bicyclic) bond motifs is 1. The largest absolute Gasteiger partial charge is 0.346 e. The van der Waals surface area contributed by atoms with Crippen molar-refractivity contribution < 1.29 is 0 Å². The molecule has 0 aliphatic carbocycles. The molecule has 0 aliphatic rings. The van der Waals surface area contributed by atoms with Gasteiger partial charge in [0.25, 0.3) is 0 Å². The van der Waals surface area contributed by atoms with Crippen molar-refractivity contribution in [2.24, 2.45) is 5.73 Å². The Morgan fingerprint density at radius 3 is 2.74 bits per heavy atom. The van der Waals surface area contributed by atoms with Crippen LogP contribution < -0.4 is 5.73 Å². The molecule has 19 heavy (non-hydrogen) atoms. The number of nitrogens with two attached hydrogens (primary N) is 1. The minimum Gasteiger partial charge on any atom is -0.346 e. The van der Waals surface area contributed by atoms with Crippen molar-refractivity contribution in [2.45, 2.75) is 13.3 Å². The van der Waals surface area contributed by atoms with E-state index in [-0.39, 0.29) is 0 Å². The molecule has 5 heteroatoms. The predicted octanol–water partition coefficient (Wildman–Crippen LogP) is 1.83. The highest BCUT2D eigenvalue weighted by atomic mass is 15.0. The van der Waals surface area contributed by atoms with Gasteiger partial charge in [0.05, 0.1) is 5.69 Å². The average Bonchev–Trinajstić information content (AvgIpc) is 2.84. The van der Waals surface area contributed by atoms with E-state index in [0.29, 0.717) is 12.4 Å². The summed E-state index contributed by atoms with van der Waals surface area (Å²) in [6.07, 6.45) is 6.29. The molecule has 0 unspecified atom stereocenters. The molecule has 3 aromatic rings. The van der Waals surface area contributed by atoms with Gasteiger partial charge in [-0.15, -0.1) is 0 Å². The Balaban J connectivity index is 2.16. The SMILES string of the molecule is Cc1nc(-c2ccncc2)nc2[nH]cc(CCN)c12. The minimum absolute atomic E-state index is 0.624. The number of aromatic nitrogens is 4. The summed E-state index contributed by atoms with van der Waals surface area (Å²) >= 11 is 0. The zero-order chi connectivity index (χ0) is 13.2. The van der Waals surface area contributed by atoms with Gasteiger partial charge in [-0.3, -0.25) is 4.98 Å². The van der Waals surface area contributed by atoms with Gasteiger partial charge in [0.1, 0.15) is 5.65 Å². The highest BCUT2D eigenvalue weighted by molar-refractivity contribution is 5.83. The van der Waals surface area contributed by atoms with Crippen LogP contribution in [0.5, 0.6) is 0 Å². The number of nitrogens with zero attached hydrogens (tertiary/aromatic N) is 3. The van der Waals surface area contributed by atoms with Crippen LogP contribution in [0, 0.1) is 6.92 Å². The summed E-state index contributed by atoms with van der Waals surface area (Å²) in [5.41, 5.74) is 9.60. The van der Waals surface area contributed by atoms with Crippen LogP contribution in [0.15, 0.2) is 30.7 Å². The summed E-state index contributed by atoms with van der Waals surface area (Å²) < 4.78 is 0. The molecule has 3 heterocycles. The summed E-state index contributed by atoms with van der Waals surface area (Å²) in [5.74, 6) is 0.716. The molecule has 0 atom stereocenters. The van der Waals surface area contributed by atoms with Gasteiger partial charge in [0, 0.05) is 29.5 Å². The molecule has 0 spiro atoms. The van der Waals surface area contributed by atoms with E-state index < -0.39 is 0 Å². The molecule has 0 bridgehead atoms. The number of H-pyrrole nitrogens is 1. The van der Waals surface area contributed by atoms with Crippen LogP contribution in [0.3, 0.4) is 0 Å². The van der Waals surface area contributed by atoms with Gasteiger partial charge in [-0.2, -0.15) is 0 Å². The van der Waals surface area contributed by atoms with Gasteiger partial charge < -0.3 is 10.7 Å². The van der Waals surface area contributed by atoms with Gasteiger partial charge in [0.15, 0.2) is 5.82 Å². The van der Waals surface area contributed by atoms with Crippen LogP contribution in [0.4, 0.5) is 0 Å². The molecule has 5 nitrogen and oxygen atoms in total. The van der Waals surface area contributed by atoms with Crippen LogP contribution in [-0.4, -0.2) is 26.5 Å². The van der Waals surface area contributed by atoms with Crippen molar-refractivity contribution in [3.05, 3.63) is 42.0 Å². The lowest BCUT2D eigenvalue weighted by Gasteiger charge is -2.04. The second-order valence-corrected chi connectivity index (χ2v) is 4.44. The summed E-state index contributed by atoms with van der Waals surface area (Å²) in [7, 11) is 0. The number of hydrogen-bond acceptors (Lipinski definition) is 4. The average molecular weight is 253 g/mol. The Hall–Kier alpha value is -2.27. The van der Waals surface area contributed by atoms with Crippen molar-refractivity contribution in [2.75, 3.05) is 6.54 Å². The van der Waals surface area contributed by atoms with Gasteiger partial charge in [0.2, 0.25) is 0 Å². The molecule has 3 aromatic heterocycles. The normalized spacial score (nSPS) is 11.1.